The number of hydrogen-bond acceptors (Lipinski definition) is 5. The molecule has 0 radical (unpaired) electrons. The van der Waals surface area contributed by atoms with E-state index < -0.39 is 52.9 Å². The van der Waals surface area contributed by atoms with E-state index in [2.05, 4.69) is 10.6 Å². The molecule has 2 saturated heterocycles. The number of rotatable bonds is 4. The number of imide groups is 1. The number of nitrogens with zero attached hydrogens (tertiary/aromatic N) is 1. The van der Waals surface area contributed by atoms with E-state index in [4.69, 9.17) is 5.73 Å². The number of nitrogens with one attached hydrogen (secondary N) is 2. The Morgan fingerprint density at radius 1 is 1.32 bits per heavy atom. The second kappa shape index (κ2) is 6.10. The molecule has 4 amide bonds. The average Bonchev–Trinajstić information content (AvgIpc) is 3.20. The summed E-state index contributed by atoms with van der Waals surface area (Å²) in [6.07, 6.45) is 0.337. The molecule has 1 aromatic carbocycles. The van der Waals surface area contributed by atoms with Crippen LogP contribution in [-0.4, -0.2) is 40.6 Å². The van der Waals surface area contributed by atoms with E-state index in [0.29, 0.717) is 12.1 Å². The van der Waals surface area contributed by atoms with Crippen LogP contribution in [0.4, 0.5) is 10.1 Å². The van der Waals surface area contributed by atoms with Gasteiger partial charge in [-0.3, -0.25) is 29.4 Å². The first-order chi connectivity index (χ1) is 13.2. The van der Waals surface area contributed by atoms with Gasteiger partial charge in [0.15, 0.2) is 0 Å². The number of carbonyl (C=O) groups excluding carboxylic acids is 4. The van der Waals surface area contributed by atoms with Crippen LogP contribution in [0, 0.1) is 17.7 Å². The number of anilines is 1. The molecule has 5 unspecified atom stereocenters. The van der Waals surface area contributed by atoms with Crippen LogP contribution in [0.2, 0.25) is 0 Å². The predicted molar refractivity (Wildman–Crippen MR) is 96.0 cm³/mol. The minimum atomic E-state index is -1.61. The Morgan fingerprint density at radius 3 is 2.68 bits per heavy atom. The van der Waals surface area contributed by atoms with Crippen molar-refractivity contribution in [2.75, 3.05) is 5.32 Å². The smallest absolute Gasteiger partial charge is 0.250 e. The number of carbonyl (C=O) groups is 4. The molecular formula is C19H21FN4O4. The molecule has 0 aromatic heterocycles. The van der Waals surface area contributed by atoms with Crippen LogP contribution in [0.25, 0.3) is 0 Å². The van der Waals surface area contributed by atoms with Crippen molar-refractivity contribution in [2.45, 2.75) is 44.3 Å². The molecular weight excluding hydrogens is 367 g/mol. The fraction of sp³-hybridized carbons (Fsp3) is 0.474. The van der Waals surface area contributed by atoms with Gasteiger partial charge in [-0.05, 0) is 31.5 Å². The van der Waals surface area contributed by atoms with Crippen molar-refractivity contribution in [1.82, 2.24) is 10.2 Å². The summed E-state index contributed by atoms with van der Waals surface area (Å²) in [7, 11) is 0. The zero-order valence-corrected chi connectivity index (χ0v) is 15.5. The molecule has 28 heavy (non-hydrogen) atoms. The second-order valence-electron chi connectivity index (χ2n) is 7.68. The number of primary amides is 1. The predicted octanol–water partition coefficient (Wildman–Crippen LogP) is 0.220. The molecule has 0 bridgehead atoms. The van der Waals surface area contributed by atoms with Crippen molar-refractivity contribution < 1.29 is 23.6 Å². The standard InChI is InChI=1S/C19H21FN4O4/c1-3-8(2)24-16(26)14-12(7-13(21)25)23-19(15(14)17(24)27)10-6-9(20)4-5-11(10)22-18(19)28/h4-6,8,12,14-15,23H,3,7H2,1-2H3,(H2,21,25)(H,22,28). The highest BCUT2D eigenvalue weighted by molar-refractivity contribution is 6.15. The minimum absolute atomic E-state index is 0.214. The van der Waals surface area contributed by atoms with Gasteiger partial charge in [0.1, 0.15) is 11.4 Å². The van der Waals surface area contributed by atoms with Gasteiger partial charge in [-0.15, -0.1) is 0 Å². The molecule has 8 nitrogen and oxygen atoms in total. The van der Waals surface area contributed by atoms with Crippen LogP contribution >= 0.6 is 0 Å². The van der Waals surface area contributed by atoms with Gasteiger partial charge >= 0.3 is 0 Å². The third-order valence-electron chi connectivity index (χ3n) is 6.16. The van der Waals surface area contributed by atoms with Crippen molar-refractivity contribution >= 4 is 29.3 Å². The largest absolute Gasteiger partial charge is 0.370 e. The van der Waals surface area contributed by atoms with Crippen molar-refractivity contribution in [1.29, 1.82) is 0 Å². The summed E-state index contributed by atoms with van der Waals surface area (Å²) < 4.78 is 14.0. The zero-order chi connectivity index (χ0) is 20.4. The first-order valence-corrected chi connectivity index (χ1v) is 9.26. The lowest BCUT2D eigenvalue weighted by molar-refractivity contribution is -0.145. The Balaban J connectivity index is 1.90. The van der Waals surface area contributed by atoms with Gasteiger partial charge in [0.25, 0.3) is 0 Å². The van der Waals surface area contributed by atoms with Crippen LogP contribution in [0.15, 0.2) is 18.2 Å². The van der Waals surface area contributed by atoms with Crippen molar-refractivity contribution in [3.8, 4) is 0 Å². The fourth-order valence-electron chi connectivity index (χ4n) is 4.80. The Hall–Kier alpha value is -2.81. The number of fused-ring (bicyclic) bond motifs is 4. The van der Waals surface area contributed by atoms with Crippen LogP contribution in [0.5, 0.6) is 0 Å². The summed E-state index contributed by atoms with van der Waals surface area (Å²) >= 11 is 0. The van der Waals surface area contributed by atoms with E-state index in [1.54, 1.807) is 6.92 Å². The summed E-state index contributed by atoms with van der Waals surface area (Å²) in [5.41, 5.74) is 4.38. The highest BCUT2D eigenvalue weighted by atomic mass is 19.1. The molecule has 1 spiro atoms. The third-order valence-corrected chi connectivity index (χ3v) is 6.16. The Bertz CT molecular complexity index is 919. The maximum atomic E-state index is 14.0. The molecule has 3 aliphatic rings. The molecule has 4 rings (SSSR count). The summed E-state index contributed by atoms with van der Waals surface area (Å²) in [6, 6.07) is 2.66. The first kappa shape index (κ1) is 18.5. The first-order valence-electron chi connectivity index (χ1n) is 9.26. The van der Waals surface area contributed by atoms with E-state index in [1.807, 2.05) is 6.92 Å². The number of nitrogens with two attached hydrogens (primary N) is 1. The molecule has 3 aliphatic heterocycles. The number of amides is 4. The van der Waals surface area contributed by atoms with Crippen molar-refractivity contribution in [3.05, 3.63) is 29.6 Å². The normalized spacial score (nSPS) is 31.9. The third kappa shape index (κ3) is 2.25. The van der Waals surface area contributed by atoms with Gasteiger partial charge < -0.3 is 11.1 Å². The van der Waals surface area contributed by atoms with E-state index >= 15 is 0 Å². The summed E-state index contributed by atoms with van der Waals surface area (Å²) in [4.78, 5) is 52.2. The van der Waals surface area contributed by atoms with Gasteiger partial charge in [-0.2, -0.15) is 0 Å². The maximum absolute atomic E-state index is 14.0. The van der Waals surface area contributed by atoms with Crippen LogP contribution in [-0.2, 0) is 24.7 Å². The van der Waals surface area contributed by atoms with Gasteiger partial charge in [-0.1, -0.05) is 6.92 Å². The van der Waals surface area contributed by atoms with Crippen LogP contribution < -0.4 is 16.4 Å². The Morgan fingerprint density at radius 2 is 2.04 bits per heavy atom. The molecule has 4 N–H and O–H groups in total. The number of halogens is 1. The van der Waals surface area contributed by atoms with Crippen molar-refractivity contribution in [3.63, 3.8) is 0 Å². The highest BCUT2D eigenvalue weighted by Crippen LogP contribution is 2.53. The van der Waals surface area contributed by atoms with Crippen LogP contribution in [0.1, 0.15) is 32.3 Å². The van der Waals surface area contributed by atoms with Gasteiger partial charge in [0, 0.05) is 29.8 Å². The molecule has 5 atom stereocenters. The molecule has 9 heteroatoms. The molecule has 3 heterocycles. The lowest BCUT2D eigenvalue weighted by Gasteiger charge is -2.31. The van der Waals surface area contributed by atoms with E-state index in [1.165, 1.54) is 23.1 Å². The monoisotopic (exact) mass is 388 g/mol. The number of likely N-dealkylation sites (tertiary alicyclic amines) is 1. The minimum Gasteiger partial charge on any atom is -0.370 e. The maximum Gasteiger partial charge on any atom is 0.250 e. The quantitative estimate of drug-likeness (QED) is 0.637. The summed E-state index contributed by atoms with van der Waals surface area (Å²) in [5.74, 6) is -4.68. The lowest BCUT2D eigenvalue weighted by atomic mass is 9.76. The number of benzene rings is 1. The van der Waals surface area contributed by atoms with Gasteiger partial charge in [0.05, 0.1) is 11.8 Å². The molecule has 0 saturated carbocycles. The zero-order valence-electron chi connectivity index (χ0n) is 15.5. The second-order valence-corrected chi connectivity index (χ2v) is 7.68. The van der Waals surface area contributed by atoms with Crippen LogP contribution in [0.3, 0.4) is 0 Å². The Kier molecular flexibility index (Phi) is 4.04. The van der Waals surface area contributed by atoms with E-state index in [-0.39, 0.29) is 18.0 Å². The van der Waals surface area contributed by atoms with E-state index in [9.17, 15) is 23.6 Å². The molecule has 1 aromatic rings. The lowest BCUT2D eigenvalue weighted by Crippen LogP contribution is -2.54. The molecule has 0 aliphatic carbocycles. The fourth-order valence-corrected chi connectivity index (χ4v) is 4.80. The molecule has 148 valence electrons. The van der Waals surface area contributed by atoms with E-state index in [0.717, 1.165) is 0 Å². The topological polar surface area (TPSA) is 122 Å². The summed E-state index contributed by atoms with van der Waals surface area (Å²) in [6.45, 7) is 3.60. The van der Waals surface area contributed by atoms with Gasteiger partial charge in [-0.25, -0.2) is 4.39 Å². The Labute approximate surface area is 160 Å². The highest BCUT2D eigenvalue weighted by Gasteiger charge is 2.70. The van der Waals surface area contributed by atoms with Gasteiger partial charge in [0.2, 0.25) is 23.6 Å². The summed E-state index contributed by atoms with van der Waals surface area (Å²) in [5, 5.41) is 5.69. The number of hydrogen-bond donors (Lipinski definition) is 3. The SMILES string of the molecule is CCC(C)N1C(=O)C2C(CC(N)=O)NC3(C(=O)Nc4ccc(F)cc43)C2C1=O. The molecule has 2 fully saturated rings. The van der Waals surface area contributed by atoms with Crippen molar-refractivity contribution in [2.24, 2.45) is 17.6 Å². The average molecular weight is 388 g/mol.